The Morgan fingerprint density at radius 3 is 2.15 bits per heavy atom. The van der Waals surface area contributed by atoms with Crippen LogP contribution in [0.3, 0.4) is 0 Å². The molecule has 2 aromatic carbocycles. The van der Waals surface area contributed by atoms with Crippen LogP contribution in [0, 0.1) is 0 Å². The Hall–Kier alpha value is -3.30. The van der Waals surface area contributed by atoms with Crippen molar-refractivity contribution in [3.63, 3.8) is 0 Å². The lowest BCUT2D eigenvalue weighted by molar-refractivity contribution is -0.119. The summed E-state index contributed by atoms with van der Waals surface area (Å²) in [4.78, 5) is 23.7. The molecule has 0 bridgehead atoms. The van der Waals surface area contributed by atoms with E-state index >= 15 is 0 Å². The first-order valence-electron chi connectivity index (χ1n) is 7.41. The van der Waals surface area contributed by atoms with Crippen molar-refractivity contribution in [2.75, 3.05) is 11.9 Å². The molecule has 0 saturated carbocycles. The van der Waals surface area contributed by atoms with Crippen molar-refractivity contribution >= 4 is 17.6 Å². The van der Waals surface area contributed by atoms with Gasteiger partial charge < -0.3 is 19.5 Å². The lowest BCUT2D eigenvalue weighted by Gasteiger charge is -2.12. The number of carbonyl (C=O) groups excluding carboxylic acids is 2. The van der Waals surface area contributed by atoms with E-state index in [-0.39, 0.29) is 22.7 Å². The number of esters is 1. The van der Waals surface area contributed by atoms with Crippen LogP contribution in [0.2, 0.25) is 0 Å². The molecule has 1 amide bonds. The maximum absolute atomic E-state index is 12.3. The summed E-state index contributed by atoms with van der Waals surface area (Å²) in [6.45, 7) is -6.77. The largest absolute Gasteiger partial charge is 0.452 e. The van der Waals surface area contributed by atoms with Crippen LogP contribution in [0.1, 0.15) is 10.4 Å². The van der Waals surface area contributed by atoms with Gasteiger partial charge in [-0.25, -0.2) is 4.79 Å². The predicted octanol–water partition coefficient (Wildman–Crippen LogP) is 3.68. The zero-order valence-corrected chi connectivity index (χ0v) is 13.5. The van der Waals surface area contributed by atoms with Crippen LogP contribution in [0.5, 0.6) is 11.5 Å². The molecule has 1 N–H and O–H groups in total. The molecule has 0 heterocycles. The fraction of sp³-hybridized carbons (Fsp3) is 0.176. The zero-order chi connectivity index (χ0) is 19.8. The number of hydrogen-bond acceptors (Lipinski definition) is 5. The van der Waals surface area contributed by atoms with Crippen LogP contribution < -0.4 is 14.8 Å². The molecule has 10 heteroatoms. The summed E-state index contributed by atoms with van der Waals surface area (Å²) < 4.78 is 61.9. The molecule has 0 saturated heterocycles. The Morgan fingerprint density at radius 1 is 0.889 bits per heavy atom. The van der Waals surface area contributed by atoms with Gasteiger partial charge in [0.15, 0.2) is 6.61 Å². The second-order valence-corrected chi connectivity index (χ2v) is 4.90. The number of carbonyl (C=O) groups is 2. The summed E-state index contributed by atoms with van der Waals surface area (Å²) in [7, 11) is 0. The molecular weight excluding hydrogens is 374 g/mol. The maximum atomic E-state index is 12.3. The van der Waals surface area contributed by atoms with Crippen molar-refractivity contribution in [3.05, 3.63) is 54.1 Å². The second kappa shape index (κ2) is 9.41. The highest BCUT2D eigenvalue weighted by Crippen LogP contribution is 2.25. The van der Waals surface area contributed by atoms with Gasteiger partial charge in [0.1, 0.15) is 11.5 Å². The molecule has 27 heavy (non-hydrogen) atoms. The molecule has 0 fully saturated rings. The highest BCUT2D eigenvalue weighted by Gasteiger charge is 2.14. The number of para-hydroxylation sites is 2. The highest BCUT2D eigenvalue weighted by atomic mass is 19.3. The first-order valence-corrected chi connectivity index (χ1v) is 7.41. The van der Waals surface area contributed by atoms with Gasteiger partial charge >= 0.3 is 19.2 Å². The quantitative estimate of drug-likeness (QED) is 0.553. The Labute approximate surface area is 150 Å². The van der Waals surface area contributed by atoms with Crippen LogP contribution in [0.4, 0.5) is 23.2 Å². The van der Waals surface area contributed by atoms with Gasteiger partial charge in [0, 0.05) is 0 Å². The summed E-state index contributed by atoms with van der Waals surface area (Å²) in [5.41, 5.74) is -0.0156. The standard InChI is InChI=1S/C17H13F4NO5/c18-16(19)26-11-7-5-10(6-8-11)15(24)25-9-14(23)22-12-3-1-2-4-13(12)27-17(20)21/h1-8,16-17H,9H2,(H,22,23). The maximum Gasteiger partial charge on any atom is 0.387 e. The molecule has 6 nitrogen and oxygen atoms in total. The lowest BCUT2D eigenvalue weighted by atomic mass is 10.2. The Morgan fingerprint density at radius 2 is 1.52 bits per heavy atom. The van der Waals surface area contributed by atoms with Gasteiger partial charge in [-0.15, -0.1) is 0 Å². The third kappa shape index (κ3) is 6.49. The van der Waals surface area contributed by atoms with Crippen LogP contribution in [0.15, 0.2) is 48.5 Å². The number of rotatable bonds is 8. The molecule has 2 aromatic rings. The smallest absolute Gasteiger partial charge is 0.387 e. The first-order chi connectivity index (χ1) is 12.8. The monoisotopic (exact) mass is 387 g/mol. The summed E-state index contributed by atoms with van der Waals surface area (Å²) in [5.74, 6) is -2.06. The summed E-state index contributed by atoms with van der Waals surface area (Å²) in [5, 5.41) is 2.28. The number of amides is 1. The molecule has 144 valence electrons. The molecule has 0 unspecified atom stereocenters. The molecular formula is C17H13F4NO5. The van der Waals surface area contributed by atoms with Gasteiger partial charge in [0.05, 0.1) is 11.3 Å². The van der Waals surface area contributed by atoms with Crippen molar-refractivity contribution < 1.29 is 41.4 Å². The average Bonchev–Trinajstić information content (AvgIpc) is 2.61. The van der Waals surface area contributed by atoms with Crippen molar-refractivity contribution in [1.29, 1.82) is 0 Å². The SMILES string of the molecule is O=C(COC(=O)c1ccc(OC(F)F)cc1)Nc1ccccc1OC(F)F. The Kier molecular flexibility index (Phi) is 6.98. The molecule has 0 atom stereocenters. The minimum Gasteiger partial charge on any atom is -0.452 e. The number of alkyl halides is 4. The molecule has 0 aliphatic heterocycles. The van der Waals surface area contributed by atoms with Gasteiger partial charge in [0.2, 0.25) is 0 Å². The van der Waals surface area contributed by atoms with Crippen molar-refractivity contribution in [3.8, 4) is 11.5 Å². The minimum absolute atomic E-state index is 0.00542. The Bertz CT molecular complexity index is 783. The fourth-order valence-electron chi connectivity index (χ4n) is 1.94. The summed E-state index contributed by atoms with van der Waals surface area (Å²) in [6.07, 6.45) is 0. The summed E-state index contributed by atoms with van der Waals surface area (Å²) in [6, 6.07) is 10.1. The molecule has 0 spiro atoms. The van der Waals surface area contributed by atoms with Crippen molar-refractivity contribution in [2.24, 2.45) is 0 Å². The van der Waals surface area contributed by atoms with E-state index < -0.39 is 31.7 Å². The van der Waals surface area contributed by atoms with Gasteiger partial charge in [0.25, 0.3) is 5.91 Å². The van der Waals surface area contributed by atoms with Crippen LogP contribution >= 0.6 is 0 Å². The number of nitrogens with one attached hydrogen (secondary N) is 1. The second-order valence-electron chi connectivity index (χ2n) is 4.90. The Balaban J connectivity index is 1.89. The third-order valence-corrected chi connectivity index (χ3v) is 3.03. The van der Waals surface area contributed by atoms with E-state index in [1.165, 1.54) is 36.4 Å². The van der Waals surface area contributed by atoms with Crippen LogP contribution in [-0.4, -0.2) is 31.7 Å². The van der Waals surface area contributed by atoms with E-state index in [1.807, 2.05) is 0 Å². The van der Waals surface area contributed by atoms with Gasteiger partial charge in [-0.05, 0) is 36.4 Å². The van der Waals surface area contributed by atoms with E-state index in [4.69, 9.17) is 4.74 Å². The number of hydrogen-bond donors (Lipinski definition) is 1. The molecule has 0 aromatic heterocycles. The number of anilines is 1. The van der Waals surface area contributed by atoms with E-state index in [9.17, 15) is 27.2 Å². The van der Waals surface area contributed by atoms with E-state index in [0.717, 1.165) is 12.1 Å². The molecule has 0 aliphatic carbocycles. The zero-order valence-electron chi connectivity index (χ0n) is 13.5. The summed E-state index contributed by atoms with van der Waals surface area (Å²) >= 11 is 0. The average molecular weight is 387 g/mol. The lowest BCUT2D eigenvalue weighted by Crippen LogP contribution is -2.21. The minimum atomic E-state index is -3.07. The molecule has 2 rings (SSSR count). The number of ether oxygens (including phenoxy) is 3. The molecule has 0 radical (unpaired) electrons. The van der Waals surface area contributed by atoms with Gasteiger partial charge in [-0.2, -0.15) is 17.6 Å². The number of benzene rings is 2. The van der Waals surface area contributed by atoms with E-state index in [1.54, 1.807) is 0 Å². The predicted molar refractivity (Wildman–Crippen MR) is 85.1 cm³/mol. The van der Waals surface area contributed by atoms with E-state index in [2.05, 4.69) is 14.8 Å². The number of halogens is 4. The van der Waals surface area contributed by atoms with Crippen LogP contribution in [0.25, 0.3) is 0 Å². The van der Waals surface area contributed by atoms with Crippen molar-refractivity contribution in [1.82, 2.24) is 0 Å². The first kappa shape index (κ1) is 20.0. The van der Waals surface area contributed by atoms with Gasteiger partial charge in [-0.3, -0.25) is 4.79 Å². The highest BCUT2D eigenvalue weighted by molar-refractivity contribution is 5.96. The third-order valence-electron chi connectivity index (χ3n) is 3.03. The van der Waals surface area contributed by atoms with Crippen molar-refractivity contribution in [2.45, 2.75) is 13.2 Å². The van der Waals surface area contributed by atoms with Gasteiger partial charge in [-0.1, -0.05) is 12.1 Å². The fourth-order valence-corrected chi connectivity index (χ4v) is 1.94. The molecule has 0 aliphatic rings. The normalized spacial score (nSPS) is 10.6. The topological polar surface area (TPSA) is 73.9 Å². The van der Waals surface area contributed by atoms with E-state index in [0.29, 0.717) is 0 Å². The van der Waals surface area contributed by atoms with Crippen LogP contribution in [-0.2, 0) is 9.53 Å².